The predicted molar refractivity (Wildman–Crippen MR) is 113 cm³/mol. The highest BCUT2D eigenvalue weighted by atomic mass is 32.2. The van der Waals surface area contributed by atoms with Crippen molar-refractivity contribution in [3.8, 4) is 5.75 Å². The average Bonchev–Trinajstić information content (AvgIpc) is 2.62. The molecule has 0 aromatic heterocycles. The number of aliphatic hydroxyl groups excluding tert-OH is 1. The number of esters is 1. The van der Waals surface area contributed by atoms with Gasteiger partial charge in [0.15, 0.2) is 0 Å². The number of carbonyl (C=O) groups is 1. The van der Waals surface area contributed by atoms with Crippen molar-refractivity contribution in [3.05, 3.63) is 64.4 Å². The highest BCUT2D eigenvalue weighted by Gasteiger charge is 2.34. The smallest absolute Gasteiger partial charge is 0.342 e. The Labute approximate surface area is 170 Å². The van der Waals surface area contributed by atoms with E-state index in [1.54, 1.807) is 23.9 Å². The minimum absolute atomic E-state index is 0.0756. The lowest BCUT2D eigenvalue weighted by atomic mass is 9.89. The van der Waals surface area contributed by atoms with Crippen LogP contribution in [0.5, 0.6) is 5.75 Å². The summed E-state index contributed by atoms with van der Waals surface area (Å²) < 4.78 is 5.72. The number of aromatic hydroxyl groups is 1. The van der Waals surface area contributed by atoms with E-state index in [1.165, 1.54) is 0 Å². The van der Waals surface area contributed by atoms with Crippen molar-refractivity contribution in [2.45, 2.75) is 45.1 Å². The molecule has 1 aliphatic heterocycles. The lowest BCUT2D eigenvalue weighted by Crippen LogP contribution is -2.32. The third-order valence-electron chi connectivity index (χ3n) is 5.06. The normalized spacial score (nSPS) is 18.1. The quantitative estimate of drug-likeness (QED) is 0.526. The topological polar surface area (TPSA) is 66.8 Å². The molecule has 0 saturated carbocycles. The second kappa shape index (κ2) is 8.31. The summed E-state index contributed by atoms with van der Waals surface area (Å²) in [6, 6.07) is 11.1. The Balaban J connectivity index is 1.75. The molecular formula is C23H26O4S. The van der Waals surface area contributed by atoms with Gasteiger partial charge in [0.25, 0.3) is 0 Å². The van der Waals surface area contributed by atoms with E-state index in [4.69, 9.17) is 4.74 Å². The molecule has 28 heavy (non-hydrogen) atoms. The van der Waals surface area contributed by atoms with E-state index < -0.39 is 5.97 Å². The second-order valence-electron chi connectivity index (χ2n) is 7.53. The zero-order chi connectivity index (χ0) is 20.4. The van der Waals surface area contributed by atoms with Gasteiger partial charge in [0.2, 0.25) is 0 Å². The molecule has 2 N–H and O–H groups in total. The molecule has 0 radical (unpaired) electrons. The molecule has 2 atom stereocenters. The summed E-state index contributed by atoms with van der Waals surface area (Å²) in [5.74, 6) is 0.714. The molecule has 1 aliphatic rings. The number of carbonyl (C=O) groups excluding carboxylic acids is 1. The molecule has 0 amide bonds. The molecule has 1 heterocycles. The van der Waals surface area contributed by atoms with E-state index in [9.17, 15) is 15.0 Å². The van der Waals surface area contributed by atoms with Gasteiger partial charge in [-0.15, -0.1) is 11.8 Å². The summed E-state index contributed by atoms with van der Waals surface area (Å²) in [6.45, 7) is 7.94. The van der Waals surface area contributed by atoms with Gasteiger partial charge in [0.05, 0.1) is 0 Å². The van der Waals surface area contributed by atoms with E-state index in [0.717, 1.165) is 32.9 Å². The monoisotopic (exact) mass is 398 g/mol. The standard InChI is InChI=1S/C23H26O4S/c1-13-9-14(2)21(15(3)10-13)22-19(25)11-20(27-23(22)26)16(4)12-28-18-7-5-17(24)6-8-18/h5-10,16,20,24-25H,11-12H2,1-4H3. The van der Waals surface area contributed by atoms with Crippen LogP contribution in [0.15, 0.2) is 47.1 Å². The van der Waals surface area contributed by atoms with Crippen LogP contribution in [0.1, 0.15) is 35.6 Å². The van der Waals surface area contributed by atoms with Gasteiger partial charge in [0.1, 0.15) is 23.2 Å². The molecule has 3 rings (SSSR count). The summed E-state index contributed by atoms with van der Waals surface area (Å²) in [5, 5.41) is 20.1. The van der Waals surface area contributed by atoms with Crippen molar-refractivity contribution in [2.75, 3.05) is 5.75 Å². The lowest BCUT2D eigenvalue weighted by molar-refractivity contribution is -0.145. The first-order valence-corrected chi connectivity index (χ1v) is 10.4. The molecule has 148 valence electrons. The van der Waals surface area contributed by atoms with Crippen LogP contribution >= 0.6 is 11.8 Å². The summed E-state index contributed by atoms with van der Waals surface area (Å²) in [7, 11) is 0. The maximum atomic E-state index is 12.7. The van der Waals surface area contributed by atoms with E-state index >= 15 is 0 Å². The summed E-state index contributed by atoms with van der Waals surface area (Å²) in [6.07, 6.45) is -0.0302. The number of hydrogen-bond donors (Lipinski definition) is 2. The van der Waals surface area contributed by atoms with Crippen molar-refractivity contribution >= 4 is 23.3 Å². The largest absolute Gasteiger partial charge is 0.511 e. The Kier molecular flexibility index (Phi) is 6.04. The maximum absolute atomic E-state index is 12.7. The van der Waals surface area contributed by atoms with Gasteiger partial charge in [-0.05, 0) is 61.7 Å². The first-order chi connectivity index (χ1) is 13.3. The molecule has 0 bridgehead atoms. The van der Waals surface area contributed by atoms with Crippen molar-refractivity contribution in [1.29, 1.82) is 0 Å². The zero-order valence-corrected chi connectivity index (χ0v) is 17.5. The molecule has 0 aliphatic carbocycles. The number of thioether (sulfide) groups is 1. The van der Waals surface area contributed by atoms with Gasteiger partial charge in [0, 0.05) is 23.0 Å². The molecule has 0 saturated heterocycles. The molecule has 2 unspecified atom stereocenters. The fourth-order valence-electron chi connectivity index (χ4n) is 3.66. The van der Waals surface area contributed by atoms with Crippen LogP contribution in [-0.2, 0) is 9.53 Å². The average molecular weight is 399 g/mol. The van der Waals surface area contributed by atoms with E-state index in [-0.39, 0.29) is 23.5 Å². The van der Waals surface area contributed by atoms with Gasteiger partial charge in [-0.1, -0.05) is 24.6 Å². The third kappa shape index (κ3) is 4.36. The second-order valence-corrected chi connectivity index (χ2v) is 8.62. The Morgan fingerprint density at radius 3 is 2.29 bits per heavy atom. The first-order valence-electron chi connectivity index (χ1n) is 9.39. The number of ether oxygens (including phenoxy) is 1. The van der Waals surface area contributed by atoms with E-state index in [0.29, 0.717) is 12.0 Å². The zero-order valence-electron chi connectivity index (χ0n) is 16.7. The molecule has 4 nitrogen and oxygen atoms in total. The number of aryl methyl sites for hydroxylation is 3. The van der Waals surface area contributed by atoms with E-state index in [1.807, 2.05) is 52.0 Å². The number of benzene rings is 2. The van der Waals surface area contributed by atoms with Crippen molar-refractivity contribution in [2.24, 2.45) is 5.92 Å². The van der Waals surface area contributed by atoms with Crippen LogP contribution in [0.4, 0.5) is 0 Å². The van der Waals surface area contributed by atoms with E-state index in [2.05, 4.69) is 0 Å². The predicted octanol–water partition coefficient (Wildman–Crippen LogP) is 5.33. The summed E-state index contributed by atoms with van der Waals surface area (Å²) >= 11 is 1.64. The molecule has 0 fully saturated rings. The Hall–Kier alpha value is -2.40. The van der Waals surface area contributed by atoms with Crippen molar-refractivity contribution in [3.63, 3.8) is 0 Å². The number of hydrogen-bond acceptors (Lipinski definition) is 5. The summed E-state index contributed by atoms with van der Waals surface area (Å²) in [5.41, 5.74) is 4.12. The minimum Gasteiger partial charge on any atom is -0.511 e. The van der Waals surface area contributed by atoms with Gasteiger partial charge >= 0.3 is 5.97 Å². The van der Waals surface area contributed by atoms with Crippen LogP contribution in [0.25, 0.3) is 5.57 Å². The SMILES string of the molecule is Cc1cc(C)c(C2=C(O)CC(C(C)CSc3ccc(O)cc3)OC2=O)c(C)c1. The van der Waals surface area contributed by atoms with Crippen LogP contribution in [0.3, 0.4) is 0 Å². The number of phenolic OH excluding ortho intramolecular Hbond substituents is 1. The van der Waals surface area contributed by atoms with Crippen LogP contribution in [0.2, 0.25) is 0 Å². The highest BCUT2D eigenvalue weighted by Crippen LogP contribution is 2.35. The fourth-order valence-corrected chi connectivity index (χ4v) is 4.66. The Morgan fingerprint density at radius 1 is 1.11 bits per heavy atom. The number of aliphatic hydroxyl groups is 1. The van der Waals surface area contributed by atoms with Crippen molar-refractivity contribution in [1.82, 2.24) is 0 Å². The lowest BCUT2D eigenvalue weighted by Gasteiger charge is -2.29. The first kappa shape index (κ1) is 20.3. The van der Waals surface area contributed by atoms with Crippen molar-refractivity contribution < 1.29 is 19.7 Å². The molecule has 5 heteroatoms. The van der Waals surface area contributed by atoms with Crippen LogP contribution in [-0.4, -0.2) is 28.0 Å². The van der Waals surface area contributed by atoms with Crippen LogP contribution in [0, 0.1) is 26.7 Å². The fraction of sp³-hybridized carbons (Fsp3) is 0.348. The number of phenols is 1. The van der Waals surface area contributed by atoms with Gasteiger partial charge in [-0.25, -0.2) is 4.79 Å². The molecular weight excluding hydrogens is 372 g/mol. The molecule has 2 aromatic carbocycles. The number of rotatable bonds is 5. The Morgan fingerprint density at radius 2 is 1.71 bits per heavy atom. The number of cyclic esters (lactones) is 1. The maximum Gasteiger partial charge on any atom is 0.342 e. The highest BCUT2D eigenvalue weighted by molar-refractivity contribution is 7.99. The molecule has 2 aromatic rings. The third-order valence-corrected chi connectivity index (χ3v) is 6.35. The molecule has 0 spiro atoms. The minimum atomic E-state index is -0.453. The van der Waals surface area contributed by atoms with Gasteiger partial charge < -0.3 is 14.9 Å². The van der Waals surface area contributed by atoms with Gasteiger partial charge in [-0.3, -0.25) is 0 Å². The van der Waals surface area contributed by atoms with Gasteiger partial charge in [-0.2, -0.15) is 0 Å². The Bertz CT molecular complexity index is 892. The summed E-state index contributed by atoms with van der Waals surface area (Å²) in [4.78, 5) is 13.8. The van der Waals surface area contributed by atoms with Crippen LogP contribution < -0.4 is 0 Å².